The van der Waals surface area contributed by atoms with Gasteiger partial charge in [-0.05, 0) is 54.7 Å². The van der Waals surface area contributed by atoms with E-state index in [-0.39, 0.29) is 0 Å². The molecule has 0 unspecified atom stereocenters. The smallest absolute Gasteiger partial charge is 0.411 e. The highest BCUT2D eigenvalue weighted by Crippen LogP contribution is 2.35. The van der Waals surface area contributed by atoms with Gasteiger partial charge in [-0.2, -0.15) is 0 Å². The second-order valence-corrected chi connectivity index (χ2v) is 6.68. The first-order valence-electron chi connectivity index (χ1n) is 8.58. The van der Waals surface area contributed by atoms with Crippen LogP contribution in [0.4, 0.5) is 10.5 Å². The summed E-state index contributed by atoms with van der Waals surface area (Å²) >= 11 is 6.24. The number of methoxy groups -OCH3 is 1. The molecule has 5 heteroatoms. The molecule has 4 nitrogen and oxygen atoms in total. The third-order valence-electron chi connectivity index (χ3n) is 4.55. The van der Waals surface area contributed by atoms with E-state index in [1.807, 2.05) is 12.1 Å². The summed E-state index contributed by atoms with van der Waals surface area (Å²) in [5.41, 5.74) is 1.94. The van der Waals surface area contributed by atoms with E-state index in [4.69, 9.17) is 16.3 Å². The molecule has 1 saturated carbocycles. The summed E-state index contributed by atoms with van der Waals surface area (Å²) in [5, 5.41) is 2.99. The van der Waals surface area contributed by atoms with Crippen molar-refractivity contribution in [1.82, 2.24) is 0 Å². The van der Waals surface area contributed by atoms with E-state index in [0.29, 0.717) is 22.4 Å². The predicted octanol–water partition coefficient (Wildman–Crippen LogP) is 6.36. The number of nitrogens with one attached hydrogen (secondary N) is 1. The lowest BCUT2D eigenvalue weighted by atomic mass is 9.84. The first-order chi connectivity index (χ1) is 12.2. The Kier molecular flexibility index (Phi) is 5.82. The number of rotatable bonds is 4. The average Bonchev–Trinajstić information content (AvgIpc) is 2.65. The Morgan fingerprint density at radius 2 is 1.80 bits per heavy atom. The fraction of sp³-hybridized carbons (Fsp3) is 0.350. The lowest BCUT2D eigenvalue weighted by Crippen LogP contribution is -2.10. The SMILES string of the molecule is COC(=O)Nc1ccc(Oc2ccc(C3CCCCC3)cc2)c(Cl)c1. The molecule has 2 aromatic carbocycles. The Bertz CT molecular complexity index is 724. The summed E-state index contributed by atoms with van der Waals surface area (Å²) in [5.74, 6) is 1.97. The van der Waals surface area contributed by atoms with Crippen molar-refractivity contribution < 1.29 is 14.3 Å². The molecule has 0 aromatic heterocycles. The van der Waals surface area contributed by atoms with E-state index in [1.165, 1.54) is 44.8 Å². The van der Waals surface area contributed by atoms with Gasteiger partial charge in [0.05, 0.1) is 12.1 Å². The Labute approximate surface area is 153 Å². The van der Waals surface area contributed by atoms with Crippen LogP contribution in [0.15, 0.2) is 42.5 Å². The van der Waals surface area contributed by atoms with E-state index >= 15 is 0 Å². The normalized spacial score (nSPS) is 14.8. The number of ether oxygens (including phenoxy) is 2. The summed E-state index contributed by atoms with van der Waals surface area (Å²) in [4.78, 5) is 11.2. The number of hydrogen-bond acceptors (Lipinski definition) is 3. The first-order valence-corrected chi connectivity index (χ1v) is 8.96. The molecular weight excluding hydrogens is 338 g/mol. The number of anilines is 1. The summed E-state index contributed by atoms with van der Waals surface area (Å²) in [6.45, 7) is 0. The van der Waals surface area contributed by atoms with Crippen LogP contribution in [0.25, 0.3) is 0 Å². The number of benzene rings is 2. The van der Waals surface area contributed by atoms with Gasteiger partial charge in [-0.3, -0.25) is 5.32 Å². The number of carbonyl (C=O) groups excluding carboxylic acids is 1. The summed E-state index contributed by atoms with van der Waals surface area (Å²) in [7, 11) is 1.31. The van der Waals surface area contributed by atoms with Crippen molar-refractivity contribution >= 4 is 23.4 Å². The molecule has 1 N–H and O–H groups in total. The maximum atomic E-state index is 11.2. The molecule has 0 saturated heterocycles. The van der Waals surface area contributed by atoms with Crippen LogP contribution >= 0.6 is 11.6 Å². The molecular formula is C20H22ClNO3. The average molecular weight is 360 g/mol. The standard InChI is InChI=1S/C20H22ClNO3/c1-24-20(23)22-16-9-12-19(18(21)13-16)25-17-10-7-15(8-11-17)14-5-3-2-4-6-14/h7-14H,2-6H2,1H3,(H,22,23). The maximum Gasteiger partial charge on any atom is 0.411 e. The summed E-state index contributed by atoms with van der Waals surface area (Å²) < 4.78 is 10.4. The highest BCUT2D eigenvalue weighted by Gasteiger charge is 2.15. The minimum Gasteiger partial charge on any atom is -0.456 e. The van der Waals surface area contributed by atoms with Gasteiger partial charge >= 0.3 is 6.09 Å². The molecule has 132 valence electrons. The third kappa shape index (κ3) is 4.67. The molecule has 0 heterocycles. The van der Waals surface area contributed by atoms with Crippen molar-refractivity contribution in [1.29, 1.82) is 0 Å². The molecule has 0 radical (unpaired) electrons. The zero-order valence-electron chi connectivity index (χ0n) is 14.3. The highest BCUT2D eigenvalue weighted by atomic mass is 35.5. The van der Waals surface area contributed by atoms with Gasteiger partial charge in [-0.1, -0.05) is 43.0 Å². The van der Waals surface area contributed by atoms with Crippen LogP contribution in [0, 0.1) is 0 Å². The molecule has 1 fully saturated rings. The Balaban J connectivity index is 1.66. The lowest BCUT2D eigenvalue weighted by Gasteiger charge is -2.22. The van der Waals surface area contributed by atoms with Crippen molar-refractivity contribution in [2.45, 2.75) is 38.0 Å². The molecule has 25 heavy (non-hydrogen) atoms. The second kappa shape index (κ2) is 8.26. The van der Waals surface area contributed by atoms with Crippen LogP contribution < -0.4 is 10.1 Å². The van der Waals surface area contributed by atoms with Gasteiger partial charge in [0.2, 0.25) is 0 Å². The lowest BCUT2D eigenvalue weighted by molar-refractivity contribution is 0.187. The molecule has 1 aliphatic rings. The highest BCUT2D eigenvalue weighted by molar-refractivity contribution is 6.32. The number of hydrogen-bond donors (Lipinski definition) is 1. The first kappa shape index (κ1) is 17.6. The number of halogens is 1. The van der Waals surface area contributed by atoms with E-state index in [0.717, 1.165) is 5.75 Å². The summed E-state index contributed by atoms with van der Waals surface area (Å²) in [6, 6.07) is 13.3. The summed E-state index contributed by atoms with van der Waals surface area (Å²) in [6.07, 6.45) is 6.02. The fourth-order valence-corrected chi connectivity index (χ4v) is 3.42. The van der Waals surface area contributed by atoms with Gasteiger partial charge in [0.25, 0.3) is 0 Å². The molecule has 0 spiro atoms. The van der Waals surface area contributed by atoms with Crippen molar-refractivity contribution in [2.24, 2.45) is 0 Å². The van der Waals surface area contributed by atoms with Crippen LogP contribution in [0.3, 0.4) is 0 Å². The third-order valence-corrected chi connectivity index (χ3v) is 4.84. The maximum absolute atomic E-state index is 11.2. The van der Waals surface area contributed by atoms with Gasteiger partial charge in [0, 0.05) is 5.69 Å². The molecule has 0 atom stereocenters. The van der Waals surface area contributed by atoms with E-state index < -0.39 is 6.09 Å². The monoisotopic (exact) mass is 359 g/mol. The Hall–Kier alpha value is -2.20. The van der Waals surface area contributed by atoms with Crippen LogP contribution in [0.2, 0.25) is 5.02 Å². The van der Waals surface area contributed by atoms with Crippen LogP contribution in [0.5, 0.6) is 11.5 Å². The van der Waals surface area contributed by atoms with Gasteiger partial charge < -0.3 is 9.47 Å². The number of amides is 1. The Morgan fingerprint density at radius 3 is 2.44 bits per heavy atom. The van der Waals surface area contributed by atoms with Gasteiger partial charge in [0.15, 0.2) is 0 Å². The van der Waals surface area contributed by atoms with Crippen LogP contribution in [-0.2, 0) is 4.74 Å². The predicted molar refractivity (Wildman–Crippen MR) is 99.8 cm³/mol. The largest absolute Gasteiger partial charge is 0.456 e. The molecule has 1 aliphatic carbocycles. The van der Waals surface area contributed by atoms with Crippen LogP contribution in [0.1, 0.15) is 43.6 Å². The molecule has 3 rings (SSSR count). The van der Waals surface area contributed by atoms with Crippen molar-refractivity contribution in [3.05, 3.63) is 53.1 Å². The molecule has 1 amide bonds. The minimum absolute atomic E-state index is 0.422. The van der Waals surface area contributed by atoms with Gasteiger partial charge in [0.1, 0.15) is 11.5 Å². The molecule has 0 bridgehead atoms. The zero-order chi connectivity index (χ0) is 17.6. The second-order valence-electron chi connectivity index (χ2n) is 6.27. The molecule has 2 aromatic rings. The van der Waals surface area contributed by atoms with E-state index in [1.54, 1.807) is 18.2 Å². The minimum atomic E-state index is -0.539. The van der Waals surface area contributed by atoms with Gasteiger partial charge in [-0.15, -0.1) is 0 Å². The zero-order valence-corrected chi connectivity index (χ0v) is 15.0. The van der Waals surface area contributed by atoms with Crippen molar-refractivity contribution in [2.75, 3.05) is 12.4 Å². The van der Waals surface area contributed by atoms with E-state index in [2.05, 4.69) is 22.2 Å². The van der Waals surface area contributed by atoms with Crippen molar-refractivity contribution in [3.8, 4) is 11.5 Å². The quantitative estimate of drug-likeness (QED) is 0.691. The van der Waals surface area contributed by atoms with Crippen LogP contribution in [-0.4, -0.2) is 13.2 Å². The van der Waals surface area contributed by atoms with E-state index in [9.17, 15) is 4.79 Å². The van der Waals surface area contributed by atoms with Gasteiger partial charge in [-0.25, -0.2) is 4.79 Å². The number of carbonyl (C=O) groups is 1. The molecule has 0 aliphatic heterocycles. The van der Waals surface area contributed by atoms with Crippen molar-refractivity contribution in [3.63, 3.8) is 0 Å². The fourth-order valence-electron chi connectivity index (χ4n) is 3.20. The topological polar surface area (TPSA) is 47.6 Å². The Morgan fingerprint density at radius 1 is 1.08 bits per heavy atom.